The van der Waals surface area contributed by atoms with Gasteiger partial charge in [-0.3, -0.25) is 4.68 Å². The molecular formula is C16H20N4S. The largest absolute Gasteiger partial charge is 0.310 e. The molecule has 0 aliphatic rings. The van der Waals surface area contributed by atoms with Crippen LogP contribution in [0, 0.1) is 0 Å². The van der Waals surface area contributed by atoms with Crippen LogP contribution < -0.4 is 5.32 Å². The lowest BCUT2D eigenvalue weighted by Crippen LogP contribution is -2.24. The molecular weight excluding hydrogens is 280 g/mol. The van der Waals surface area contributed by atoms with Crippen LogP contribution >= 0.6 is 11.3 Å². The highest BCUT2D eigenvalue weighted by atomic mass is 32.1. The molecule has 1 N–H and O–H groups in total. The van der Waals surface area contributed by atoms with Gasteiger partial charge in [-0.05, 0) is 35.4 Å². The molecule has 2 aromatic heterocycles. The number of rotatable bonds is 6. The van der Waals surface area contributed by atoms with E-state index < -0.39 is 0 Å². The lowest BCUT2D eigenvalue weighted by Gasteiger charge is -2.17. The second-order valence-corrected chi connectivity index (χ2v) is 6.19. The van der Waals surface area contributed by atoms with Crippen molar-refractivity contribution in [1.29, 1.82) is 0 Å². The minimum absolute atomic E-state index is 0.290. The molecule has 0 aliphatic heterocycles. The number of hydrogen-bond donors (Lipinski definition) is 1. The summed E-state index contributed by atoms with van der Waals surface area (Å²) < 4.78 is 3.10. The Morgan fingerprint density at radius 1 is 1.33 bits per heavy atom. The van der Waals surface area contributed by atoms with Crippen molar-refractivity contribution in [3.8, 4) is 0 Å². The third-order valence-corrected chi connectivity index (χ3v) is 4.57. The molecule has 0 fully saturated rings. The van der Waals surface area contributed by atoms with Crippen LogP contribution in [0.2, 0.25) is 0 Å². The van der Waals surface area contributed by atoms with E-state index in [1.54, 1.807) is 4.68 Å². The van der Waals surface area contributed by atoms with Crippen LogP contribution in [-0.2, 0) is 13.5 Å². The Hall–Kier alpha value is -1.72. The fourth-order valence-electron chi connectivity index (χ4n) is 2.58. The van der Waals surface area contributed by atoms with Gasteiger partial charge in [-0.1, -0.05) is 30.3 Å². The van der Waals surface area contributed by atoms with Crippen LogP contribution in [0.25, 0.3) is 10.1 Å². The Morgan fingerprint density at radius 2 is 2.19 bits per heavy atom. The van der Waals surface area contributed by atoms with E-state index in [0.717, 1.165) is 25.1 Å². The minimum atomic E-state index is 0.290. The zero-order valence-corrected chi connectivity index (χ0v) is 13.2. The van der Waals surface area contributed by atoms with Crippen molar-refractivity contribution < 1.29 is 0 Å². The quantitative estimate of drug-likeness (QED) is 0.759. The molecule has 0 saturated carbocycles. The molecule has 1 unspecified atom stereocenters. The minimum Gasteiger partial charge on any atom is -0.310 e. The molecule has 4 nitrogen and oxygen atoms in total. The number of aromatic nitrogens is 3. The van der Waals surface area contributed by atoms with E-state index in [1.165, 1.54) is 15.6 Å². The molecule has 0 radical (unpaired) electrons. The summed E-state index contributed by atoms with van der Waals surface area (Å²) in [5, 5.41) is 15.5. The van der Waals surface area contributed by atoms with Crippen molar-refractivity contribution in [2.75, 3.05) is 6.54 Å². The molecule has 21 heavy (non-hydrogen) atoms. The van der Waals surface area contributed by atoms with Crippen molar-refractivity contribution in [2.45, 2.75) is 25.8 Å². The van der Waals surface area contributed by atoms with Gasteiger partial charge >= 0.3 is 0 Å². The maximum atomic E-state index is 4.23. The summed E-state index contributed by atoms with van der Waals surface area (Å²) in [6.45, 7) is 3.20. The summed E-state index contributed by atoms with van der Waals surface area (Å²) >= 11 is 1.81. The van der Waals surface area contributed by atoms with Crippen LogP contribution in [0.4, 0.5) is 0 Å². The van der Waals surface area contributed by atoms with E-state index in [1.807, 2.05) is 24.6 Å². The van der Waals surface area contributed by atoms with Gasteiger partial charge in [0.25, 0.3) is 0 Å². The zero-order valence-electron chi connectivity index (χ0n) is 12.4. The van der Waals surface area contributed by atoms with Crippen molar-refractivity contribution in [3.05, 3.63) is 47.1 Å². The average molecular weight is 300 g/mol. The molecule has 0 bridgehead atoms. The molecule has 0 spiro atoms. The van der Waals surface area contributed by atoms with Gasteiger partial charge in [0.05, 0.1) is 5.69 Å². The summed E-state index contributed by atoms with van der Waals surface area (Å²) in [5.74, 6) is 0. The van der Waals surface area contributed by atoms with Crippen LogP contribution in [0.1, 0.15) is 30.6 Å². The van der Waals surface area contributed by atoms with Gasteiger partial charge in [0.1, 0.15) is 0 Å². The molecule has 1 aromatic carbocycles. The normalized spacial score (nSPS) is 12.9. The van der Waals surface area contributed by atoms with Gasteiger partial charge in [0.2, 0.25) is 0 Å². The summed E-state index contributed by atoms with van der Waals surface area (Å²) in [6.07, 6.45) is 3.99. The van der Waals surface area contributed by atoms with E-state index in [9.17, 15) is 0 Å². The number of aryl methyl sites for hydroxylation is 1. The van der Waals surface area contributed by atoms with Crippen LogP contribution in [0.15, 0.2) is 35.8 Å². The van der Waals surface area contributed by atoms with E-state index in [2.05, 4.69) is 52.2 Å². The molecule has 110 valence electrons. The molecule has 0 saturated heterocycles. The van der Waals surface area contributed by atoms with E-state index in [4.69, 9.17) is 0 Å². The molecule has 2 heterocycles. The third kappa shape index (κ3) is 3.14. The maximum absolute atomic E-state index is 4.23. The first-order chi connectivity index (χ1) is 10.3. The van der Waals surface area contributed by atoms with E-state index in [0.29, 0.717) is 0 Å². The van der Waals surface area contributed by atoms with Crippen molar-refractivity contribution in [1.82, 2.24) is 20.3 Å². The first-order valence-corrected chi connectivity index (χ1v) is 8.20. The van der Waals surface area contributed by atoms with Crippen molar-refractivity contribution in [2.24, 2.45) is 7.05 Å². The number of nitrogens with one attached hydrogen (secondary N) is 1. The SMILES string of the molecule is CCCNC(Cc1cn(C)nn1)c1csc2ccccc12. The smallest absolute Gasteiger partial charge is 0.0845 e. The summed E-state index contributed by atoms with van der Waals surface area (Å²) in [7, 11) is 1.91. The highest BCUT2D eigenvalue weighted by molar-refractivity contribution is 7.17. The predicted octanol–water partition coefficient (Wildman–Crippen LogP) is 3.31. The first-order valence-electron chi connectivity index (χ1n) is 7.32. The van der Waals surface area contributed by atoms with Crippen LogP contribution in [-0.4, -0.2) is 21.5 Å². The van der Waals surface area contributed by atoms with Crippen molar-refractivity contribution >= 4 is 21.4 Å². The Labute approximate surface area is 128 Å². The fourth-order valence-corrected chi connectivity index (χ4v) is 3.59. The Bertz CT molecular complexity index is 716. The van der Waals surface area contributed by atoms with Gasteiger partial charge in [0.15, 0.2) is 0 Å². The van der Waals surface area contributed by atoms with Gasteiger partial charge in [0, 0.05) is 30.4 Å². The van der Waals surface area contributed by atoms with Gasteiger partial charge in [-0.2, -0.15) is 0 Å². The molecule has 0 aliphatic carbocycles. The van der Waals surface area contributed by atoms with Crippen LogP contribution in [0.5, 0.6) is 0 Å². The highest BCUT2D eigenvalue weighted by Gasteiger charge is 2.17. The number of hydrogen-bond acceptors (Lipinski definition) is 4. The lowest BCUT2D eigenvalue weighted by atomic mass is 10.0. The Morgan fingerprint density at radius 3 is 2.95 bits per heavy atom. The predicted molar refractivity (Wildman–Crippen MR) is 87.6 cm³/mol. The second kappa shape index (κ2) is 6.37. The molecule has 0 amide bonds. The third-order valence-electron chi connectivity index (χ3n) is 3.59. The Kier molecular flexibility index (Phi) is 4.31. The summed E-state index contributed by atoms with van der Waals surface area (Å²) in [6, 6.07) is 8.89. The summed E-state index contributed by atoms with van der Waals surface area (Å²) in [5.41, 5.74) is 2.40. The fraction of sp³-hybridized carbons (Fsp3) is 0.375. The van der Waals surface area contributed by atoms with E-state index >= 15 is 0 Å². The molecule has 5 heteroatoms. The van der Waals surface area contributed by atoms with Gasteiger partial charge < -0.3 is 5.32 Å². The van der Waals surface area contributed by atoms with Gasteiger partial charge in [-0.25, -0.2) is 0 Å². The highest BCUT2D eigenvalue weighted by Crippen LogP contribution is 2.31. The molecule has 3 rings (SSSR count). The second-order valence-electron chi connectivity index (χ2n) is 5.28. The maximum Gasteiger partial charge on any atom is 0.0845 e. The Balaban J connectivity index is 1.91. The molecule has 1 atom stereocenters. The average Bonchev–Trinajstić information content (AvgIpc) is 3.09. The topological polar surface area (TPSA) is 42.7 Å². The first kappa shape index (κ1) is 14.2. The van der Waals surface area contributed by atoms with Crippen LogP contribution in [0.3, 0.4) is 0 Å². The van der Waals surface area contributed by atoms with Crippen molar-refractivity contribution in [3.63, 3.8) is 0 Å². The monoisotopic (exact) mass is 300 g/mol. The van der Waals surface area contributed by atoms with E-state index in [-0.39, 0.29) is 6.04 Å². The number of nitrogens with zero attached hydrogens (tertiary/aromatic N) is 3. The standard InChI is InChI=1S/C16H20N4S/c1-3-8-17-15(9-12-10-20(2)19-18-12)14-11-21-16-7-5-4-6-13(14)16/h4-7,10-11,15,17H,3,8-9H2,1-2H3. The van der Waals surface area contributed by atoms with Gasteiger partial charge in [-0.15, -0.1) is 16.4 Å². The number of fused-ring (bicyclic) bond motifs is 1. The lowest BCUT2D eigenvalue weighted by molar-refractivity contribution is 0.528. The number of benzene rings is 1. The summed E-state index contributed by atoms with van der Waals surface area (Å²) in [4.78, 5) is 0. The number of thiophene rings is 1. The zero-order chi connectivity index (χ0) is 14.7. The molecule has 3 aromatic rings.